The van der Waals surface area contributed by atoms with Crippen molar-refractivity contribution >= 4 is 42.7 Å². The van der Waals surface area contributed by atoms with Gasteiger partial charge in [0.2, 0.25) is 0 Å². The van der Waals surface area contributed by atoms with Crippen molar-refractivity contribution in [2.75, 3.05) is 13.2 Å². The van der Waals surface area contributed by atoms with Crippen LogP contribution in [0.15, 0.2) is 11.1 Å². The largest absolute Gasteiger partial charge is 1.00 e. The molecule has 6 rings (SSSR count). The zero-order chi connectivity index (χ0) is 26.2. The fraction of sp³-hybridized carbons (Fsp3) is 0.667. The van der Waals surface area contributed by atoms with Gasteiger partial charge >= 0.3 is 59.1 Å². The Bertz CT molecular complexity index is 1350. The van der Waals surface area contributed by atoms with Crippen molar-refractivity contribution in [2.45, 2.75) is 49.1 Å². The van der Waals surface area contributed by atoms with Gasteiger partial charge in [0.25, 0.3) is 15.6 Å². The van der Waals surface area contributed by atoms with Crippen LogP contribution in [0.4, 0.5) is 0 Å². The summed E-state index contributed by atoms with van der Waals surface area (Å²) >= 11 is 3.17. The van der Waals surface area contributed by atoms with Gasteiger partial charge in [-0.05, 0) is 15.9 Å². The van der Waals surface area contributed by atoms with Crippen molar-refractivity contribution in [3.63, 3.8) is 0 Å². The molecule has 6 heterocycles. The van der Waals surface area contributed by atoms with E-state index in [-0.39, 0.29) is 80.5 Å². The number of phosphoric acid groups is 2. The van der Waals surface area contributed by atoms with Gasteiger partial charge in [-0.15, -0.1) is 0 Å². The third-order valence-electron chi connectivity index (χ3n) is 5.83. The van der Waals surface area contributed by atoms with E-state index in [1.54, 1.807) is 0 Å². The van der Waals surface area contributed by atoms with Gasteiger partial charge in [-0.2, -0.15) is 0 Å². The van der Waals surface area contributed by atoms with Crippen LogP contribution < -0.4 is 74.4 Å². The summed E-state index contributed by atoms with van der Waals surface area (Å²) in [4.78, 5) is 32.5. The van der Waals surface area contributed by atoms with Gasteiger partial charge in [-0.3, -0.25) is 23.7 Å². The normalized spacial score (nSPS) is 41.4. The summed E-state index contributed by atoms with van der Waals surface area (Å²) in [5.41, 5.74) is -0.418. The Morgan fingerprint density at radius 3 is 2.00 bits per heavy atom. The molecule has 2 aromatic rings. The van der Waals surface area contributed by atoms with Gasteiger partial charge in [0, 0.05) is 0 Å². The van der Waals surface area contributed by atoms with Crippen LogP contribution in [-0.4, -0.2) is 89.4 Å². The molecule has 4 aliphatic heterocycles. The van der Waals surface area contributed by atoms with Crippen LogP contribution in [0.3, 0.4) is 0 Å². The average Bonchev–Trinajstić information content (AvgIpc) is 3.37. The topological polar surface area (TPSA) is 267 Å². The minimum atomic E-state index is -5.59. The number of nitrogens with zero attached hydrogens (tertiary/aromatic N) is 4. The van der Waals surface area contributed by atoms with Gasteiger partial charge in [0.1, 0.15) is 43.0 Å². The third-order valence-corrected chi connectivity index (χ3v) is 8.92. The predicted molar refractivity (Wildman–Crippen MR) is 109 cm³/mol. The zero-order valence-corrected chi connectivity index (χ0v) is 27.0. The van der Waals surface area contributed by atoms with Gasteiger partial charge < -0.3 is 48.7 Å². The van der Waals surface area contributed by atoms with Crippen LogP contribution in [-0.2, 0) is 32.0 Å². The molecule has 0 spiro atoms. The van der Waals surface area contributed by atoms with E-state index in [0.717, 1.165) is 10.9 Å². The fourth-order valence-electron chi connectivity index (χ4n) is 4.07. The summed E-state index contributed by atoms with van der Waals surface area (Å²) in [5, 5.41) is 50.2. The smallest absolute Gasteiger partial charge is 0.756 e. The summed E-state index contributed by atoms with van der Waals surface area (Å²) in [6, 6.07) is 0. The number of hydrogen-bond donors (Lipinski definition) is 5. The van der Waals surface area contributed by atoms with E-state index in [1.807, 2.05) is 0 Å². The van der Waals surface area contributed by atoms with E-state index in [9.17, 15) is 39.3 Å². The molecule has 2 fully saturated rings. The van der Waals surface area contributed by atoms with E-state index < -0.39 is 77.9 Å². The van der Waals surface area contributed by atoms with Crippen molar-refractivity contribution in [2.24, 2.45) is 0 Å². The van der Waals surface area contributed by atoms with Crippen LogP contribution in [0.25, 0.3) is 11.2 Å². The Morgan fingerprint density at radius 2 is 1.45 bits per heavy atom. The fourth-order valence-corrected chi connectivity index (χ4v) is 6.63. The SMILES string of the molecule is N=c1c2nc(Br)n3c2ncn1[C@@H]1O[C@H](COP(=O)([O-])OP(=O)([O-])OC[C@H]2O[C@@H]3[C@H](O)[C@@H]2O)[C@@H](O)[C@H]1O.[Na+].[Na+]. The van der Waals surface area contributed by atoms with Gasteiger partial charge in [-0.25, -0.2) is 14.3 Å². The summed E-state index contributed by atoms with van der Waals surface area (Å²) < 4.78 is 50.3. The number of phosphoric ester groups is 2. The molecule has 0 saturated carbocycles. The number of imidazole rings is 1. The standard InChI is InChI=1S/C15H20BrN5O13P2.2Na/c16-15-19-6-11(17)20-3-18-12(6)21(15)14-10(25)8(23)5(33-14)2-31-36(28,29)34-35(26,27)30-1-4-7(22)9(24)13(20)32-4;;/h3-5,7-10,13-14,17,22-25H,1-2H2,(H,26,27)(H,28,29);;/q;2*+1/p-2/t4-,5-,7-,8-,9-,10-,13-,14-;;/m1../s1. The Morgan fingerprint density at radius 1 is 0.947 bits per heavy atom. The molecule has 23 heteroatoms. The molecule has 200 valence electrons. The molecule has 0 aliphatic carbocycles. The van der Waals surface area contributed by atoms with E-state index >= 15 is 0 Å². The van der Waals surface area contributed by atoms with Crippen LogP contribution >= 0.6 is 31.6 Å². The van der Waals surface area contributed by atoms with Crippen molar-refractivity contribution < 1.29 is 121 Å². The maximum atomic E-state index is 12.1. The molecule has 38 heavy (non-hydrogen) atoms. The first-order chi connectivity index (χ1) is 16.8. The quantitative estimate of drug-likeness (QED) is 0.0995. The first kappa shape index (κ1) is 33.4. The predicted octanol–water partition coefficient (Wildman–Crippen LogP) is -9.28. The number of hydrogen-bond acceptors (Lipinski definition) is 16. The summed E-state index contributed by atoms with van der Waals surface area (Å²) in [7, 11) is -11.2. The third kappa shape index (κ3) is 6.14. The van der Waals surface area contributed by atoms with Gasteiger partial charge in [0.15, 0.2) is 33.8 Å². The number of aliphatic hydroxyl groups excluding tert-OH is 4. The second-order valence-corrected chi connectivity index (χ2v) is 11.8. The molecule has 2 unspecified atom stereocenters. The van der Waals surface area contributed by atoms with Crippen molar-refractivity contribution in [3.8, 4) is 0 Å². The van der Waals surface area contributed by atoms with E-state index in [2.05, 4.69) is 39.3 Å². The molecule has 10 atom stereocenters. The molecule has 0 aromatic carbocycles. The van der Waals surface area contributed by atoms with E-state index in [0.29, 0.717) is 0 Å². The molecule has 2 aromatic heterocycles. The molecular weight excluding hydrogens is 646 g/mol. The van der Waals surface area contributed by atoms with Crippen LogP contribution in [0, 0.1) is 5.41 Å². The zero-order valence-electron chi connectivity index (χ0n) is 19.6. The Labute approximate surface area is 265 Å². The number of aliphatic hydroxyl groups is 4. The number of halogens is 1. The Kier molecular flexibility index (Phi) is 10.7. The number of nitrogens with one attached hydrogen (secondary N) is 1. The maximum absolute atomic E-state index is 12.1. The number of aromatic nitrogens is 4. The molecule has 4 aliphatic rings. The summed E-state index contributed by atoms with van der Waals surface area (Å²) in [6.07, 6.45) is -11.5. The molecule has 5 N–H and O–H groups in total. The van der Waals surface area contributed by atoms with Crippen molar-refractivity contribution in [1.29, 1.82) is 5.41 Å². The maximum Gasteiger partial charge on any atom is 1.00 e. The van der Waals surface area contributed by atoms with Crippen molar-refractivity contribution in [1.82, 2.24) is 19.1 Å². The minimum Gasteiger partial charge on any atom is -0.756 e. The van der Waals surface area contributed by atoms with Crippen LogP contribution in [0.5, 0.6) is 0 Å². The second kappa shape index (κ2) is 12.2. The first-order valence-electron chi connectivity index (χ1n) is 10.1. The number of rotatable bonds is 0. The van der Waals surface area contributed by atoms with Crippen LogP contribution in [0.1, 0.15) is 12.5 Å². The average molecular weight is 664 g/mol. The molecule has 8 bridgehead atoms. The van der Waals surface area contributed by atoms with Crippen LogP contribution in [0.2, 0.25) is 0 Å². The van der Waals surface area contributed by atoms with Gasteiger partial charge in [0.05, 0.1) is 13.2 Å². The Balaban J connectivity index is 0.00000200. The molecular formula is C15H18BrN5Na2O13P2. The van der Waals surface area contributed by atoms with E-state index in [1.165, 1.54) is 4.57 Å². The minimum absolute atomic E-state index is 0. The first-order valence-corrected chi connectivity index (χ1v) is 13.9. The van der Waals surface area contributed by atoms with Gasteiger partial charge in [-0.1, -0.05) is 0 Å². The Hall–Kier alpha value is 0.850. The molecule has 0 amide bonds. The molecule has 0 radical (unpaired) electrons. The molecule has 18 nitrogen and oxygen atoms in total. The van der Waals surface area contributed by atoms with Crippen molar-refractivity contribution in [3.05, 3.63) is 16.5 Å². The summed E-state index contributed by atoms with van der Waals surface area (Å²) in [5.74, 6) is 0. The number of ether oxygens (including phenoxy) is 2. The summed E-state index contributed by atoms with van der Waals surface area (Å²) in [6.45, 7) is -1.91. The number of fused-ring (bicyclic) bond motifs is 7. The molecule has 2 saturated heterocycles. The second-order valence-electron chi connectivity index (χ2n) is 8.08. The monoisotopic (exact) mass is 663 g/mol. The van der Waals surface area contributed by atoms with E-state index in [4.69, 9.17) is 14.9 Å².